The highest BCUT2D eigenvalue weighted by molar-refractivity contribution is 5.68. The van der Waals surface area contributed by atoms with E-state index in [9.17, 15) is 9.90 Å². The first-order chi connectivity index (χ1) is 11.9. The Balaban J connectivity index is 2.81. The molecule has 6 nitrogen and oxygen atoms in total. The van der Waals surface area contributed by atoms with Crippen LogP contribution in [0.25, 0.3) is 0 Å². The van der Waals surface area contributed by atoms with Crippen molar-refractivity contribution in [1.29, 1.82) is 0 Å². The first-order valence-electron chi connectivity index (χ1n) is 8.90. The number of hydrogen-bond donors (Lipinski definition) is 3. The molecule has 0 aliphatic carbocycles. The molecule has 0 saturated carbocycles. The first-order valence-corrected chi connectivity index (χ1v) is 8.90. The summed E-state index contributed by atoms with van der Waals surface area (Å²) in [5.41, 5.74) is 0.919. The fourth-order valence-electron chi connectivity index (χ4n) is 2.49. The summed E-state index contributed by atoms with van der Waals surface area (Å²) in [5.74, 6) is 0.254. The van der Waals surface area contributed by atoms with E-state index in [0.29, 0.717) is 30.7 Å². The van der Waals surface area contributed by atoms with Gasteiger partial charge in [0.2, 0.25) is 0 Å². The van der Waals surface area contributed by atoms with Gasteiger partial charge in [-0.15, -0.1) is 0 Å². The summed E-state index contributed by atoms with van der Waals surface area (Å²) in [6.45, 7) is 8.97. The number of ether oxygens (including phenoxy) is 2. The van der Waals surface area contributed by atoms with Crippen LogP contribution in [0.4, 0.5) is 0 Å². The lowest BCUT2D eigenvalue weighted by atomic mass is 9.93. The van der Waals surface area contributed by atoms with E-state index in [1.54, 1.807) is 6.07 Å². The summed E-state index contributed by atoms with van der Waals surface area (Å²) in [4.78, 5) is 11.0. The predicted molar refractivity (Wildman–Crippen MR) is 97.5 cm³/mol. The van der Waals surface area contributed by atoms with Crippen molar-refractivity contribution in [2.24, 2.45) is 0 Å². The van der Waals surface area contributed by atoms with E-state index in [0.717, 1.165) is 12.0 Å². The molecule has 1 aromatic rings. The van der Waals surface area contributed by atoms with Crippen LogP contribution in [0.3, 0.4) is 0 Å². The Morgan fingerprint density at radius 1 is 1.20 bits per heavy atom. The van der Waals surface area contributed by atoms with Crippen LogP contribution < -0.4 is 14.8 Å². The summed E-state index contributed by atoms with van der Waals surface area (Å²) in [6.07, 6.45) is 0.200. The van der Waals surface area contributed by atoms with Gasteiger partial charge in [0.25, 0.3) is 0 Å². The van der Waals surface area contributed by atoms with Crippen LogP contribution in [0.1, 0.15) is 52.0 Å². The highest BCUT2D eigenvalue weighted by atomic mass is 16.5. The Labute approximate surface area is 150 Å². The number of benzene rings is 1. The fourth-order valence-corrected chi connectivity index (χ4v) is 2.49. The third kappa shape index (κ3) is 7.75. The molecule has 0 amide bonds. The van der Waals surface area contributed by atoms with Crippen LogP contribution in [-0.4, -0.2) is 48.1 Å². The summed E-state index contributed by atoms with van der Waals surface area (Å²) in [6, 6.07) is 5.80. The van der Waals surface area contributed by atoms with Gasteiger partial charge < -0.3 is 25.0 Å². The van der Waals surface area contributed by atoms with Crippen molar-refractivity contribution < 1.29 is 24.5 Å². The number of carboxylic acid groups (broad SMARTS) is 1. The molecule has 0 saturated heterocycles. The molecule has 142 valence electrons. The lowest BCUT2D eigenvalue weighted by molar-refractivity contribution is -0.137. The average Bonchev–Trinajstić information content (AvgIpc) is 2.56. The van der Waals surface area contributed by atoms with E-state index >= 15 is 0 Å². The maximum Gasteiger partial charge on any atom is 0.303 e. The monoisotopic (exact) mass is 353 g/mol. The maximum atomic E-state index is 11.0. The number of rotatable bonds is 12. The van der Waals surface area contributed by atoms with E-state index in [4.69, 9.17) is 14.6 Å². The highest BCUT2D eigenvalue weighted by Crippen LogP contribution is 2.33. The van der Waals surface area contributed by atoms with Crippen molar-refractivity contribution >= 4 is 5.97 Å². The van der Waals surface area contributed by atoms with Gasteiger partial charge in [-0.3, -0.25) is 4.79 Å². The minimum Gasteiger partial charge on any atom is -0.490 e. The average molecular weight is 353 g/mol. The van der Waals surface area contributed by atoms with Gasteiger partial charge in [0.05, 0.1) is 13.0 Å². The van der Waals surface area contributed by atoms with Gasteiger partial charge in [-0.2, -0.15) is 0 Å². The van der Waals surface area contributed by atoms with Crippen molar-refractivity contribution in [2.75, 3.05) is 19.8 Å². The standard InChI is InChI=1S/C19H31NO5/c1-5-14(10-19(22)23)15-7-8-17(18(9-15)24-6-2)25-12-16(21)11-20-13(3)4/h7-9,13-14,16,20-21H,5-6,10-12H2,1-4H3,(H,22,23). The van der Waals surface area contributed by atoms with Gasteiger partial charge in [0, 0.05) is 12.6 Å². The molecule has 0 spiro atoms. The third-order valence-electron chi connectivity index (χ3n) is 3.85. The molecule has 0 aliphatic heterocycles. The molecule has 0 bridgehead atoms. The highest BCUT2D eigenvalue weighted by Gasteiger charge is 2.17. The van der Waals surface area contributed by atoms with E-state index in [-0.39, 0.29) is 18.9 Å². The van der Waals surface area contributed by atoms with E-state index in [1.165, 1.54) is 0 Å². The number of carboxylic acids is 1. The predicted octanol–water partition coefficient (Wildman–Crippen LogP) is 2.79. The molecule has 25 heavy (non-hydrogen) atoms. The largest absolute Gasteiger partial charge is 0.490 e. The van der Waals surface area contributed by atoms with Gasteiger partial charge in [-0.1, -0.05) is 26.8 Å². The summed E-state index contributed by atoms with van der Waals surface area (Å²) < 4.78 is 11.3. The molecular formula is C19H31NO5. The summed E-state index contributed by atoms with van der Waals surface area (Å²) in [5, 5.41) is 22.2. The minimum absolute atomic E-state index is 0.0633. The molecule has 2 atom stereocenters. The number of aliphatic hydroxyl groups excluding tert-OH is 1. The normalized spacial score (nSPS) is 13.5. The lowest BCUT2D eigenvalue weighted by Crippen LogP contribution is -2.35. The molecule has 1 aromatic carbocycles. The van der Waals surface area contributed by atoms with E-state index in [1.807, 2.05) is 39.8 Å². The summed E-state index contributed by atoms with van der Waals surface area (Å²) in [7, 11) is 0. The second-order valence-corrected chi connectivity index (χ2v) is 6.37. The van der Waals surface area contributed by atoms with Crippen molar-refractivity contribution in [2.45, 2.75) is 58.6 Å². The third-order valence-corrected chi connectivity index (χ3v) is 3.85. The minimum atomic E-state index is -0.814. The zero-order valence-electron chi connectivity index (χ0n) is 15.6. The maximum absolute atomic E-state index is 11.0. The van der Waals surface area contributed by atoms with Crippen LogP contribution in [0, 0.1) is 0 Å². The Hall–Kier alpha value is -1.79. The van der Waals surface area contributed by atoms with E-state index < -0.39 is 12.1 Å². The SMILES string of the molecule is CCOc1cc(C(CC)CC(=O)O)ccc1OCC(O)CNC(C)C. The quantitative estimate of drug-likeness (QED) is 0.535. The Morgan fingerprint density at radius 3 is 2.48 bits per heavy atom. The number of carbonyl (C=O) groups is 1. The molecular weight excluding hydrogens is 322 g/mol. The van der Waals surface area contributed by atoms with Gasteiger partial charge >= 0.3 is 5.97 Å². The number of aliphatic carboxylic acids is 1. The van der Waals surface area contributed by atoms with Crippen molar-refractivity contribution in [3.05, 3.63) is 23.8 Å². The van der Waals surface area contributed by atoms with Crippen LogP contribution in [0.2, 0.25) is 0 Å². The molecule has 1 rings (SSSR count). The van der Waals surface area contributed by atoms with Crippen LogP contribution >= 0.6 is 0 Å². The molecule has 0 radical (unpaired) electrons. The zero-order valence-corrected chi connectivity index (χ0v) is 15.6. The van der Waals surface area contributed by atoms with Crippen LogP contribution in [0.15, 0.2) is 18.2 Å². The molecule has 0 heterocycles. The smallest absolute Gasteiger partial charge is 0.303 e. The number of aliphatic hydroxyl groups is 1. The van der Waals surface area contributed by atoms with Gasteiger partial charge in [-0.25, -0.2) is 0 Å². The lowest BCUT2D eigenvalue weighted by Gasteiger charge is -2.19. The summed E-state index contributed by atoms with van der Waals surface area (Å²) >= 11 is 0. The number of nitrogens with one attached hydrogen (secondary N) is 1. The zero-order chi connectivity index (χ0) is 18.8. The first kappa shape index (κ1) is 21.3. The van der Waals surface area contributed by atoms with Crippen molar-refractivity contribution in [1.82, 2.24) is 5.32 Å². The fraction of sp³-hybridized carbons (Fsp3) is 0.632. The van der Waals surface area contributed by atoms with Crippen LogP contribution in [0.5, 0.6) is 11.5 Å². The Morgan fingerprint density at radius 2 is 1.92 bits per heavy atom. The van der Waals surface area contributed by atoms with Crippen molar-refractivity contribution in [3.8, 4) is 11.5 Å². The van der Waals surface area contributed by atoms with Gasteiger partial charge in [0.15, 0.2) is 11.5 Å². The van der Waals surface area contributed by atoms with Gasteiger partial charge in [-0.05, 0) is 37.0 Å². The number of hydrogen-bond acceptors (Lipinski definition) is 5. The van der Waals surface area contributed by atoms with Gasteiger partial charge in [0.1, 0.15) is 12.7 Å². The molecule has 3 N–H and O–H groups in total. The molecule has 2 unspecified atom stereocenters. The second-order valence-electron chi connectivity index (χ2n) is 6.37. The Bertz CT molecular complexity index is 533. The molecule has 0 aliphatic rings. The molecule has 0 fully saturated rings. The second kappa shape index (κ2) is 10.9. The van der Waals surface area contributed by atoms with Crippen molar-refractivity contribution in [3.63, 3.8) is 0 Å². The molecule has 0 aromatic heterocycles. The van der Waals surface area contributed by atoms with Crippen LogP contribution in [-0.2, 0) is 4.79 Å². The Kier molecular flexibility index (Phi) is 9.31. The molecule has 6 heteroatoms. The topological polar surface area (TPSA) is 88.0 Å². The van der Waals surface area contributed by atoms with E-state index in [2.05, 4.69) is 5.32 Å².